The first-order valence-corrected chi connectivity index (χ1v) is 7.57. The highest BCUT2D eigenvalue weighted by atomic mass is 16.5. The number of aryl methyl sites for hydroxylation is 1. The van der Waals surface area contributed by atoms with Gasteiger partial charge in [-0.2, -0.15) is 10.2 Å². The van der Waals surface area contributed by atoms with Crippen LogP contribution in [0.4, 0.5) is 0 Å². The number of hydrogen-bond donors (Lipinski definition) is 2. The van der Waals surface area contributed by atoms with Crippen molar-refractivity contribution in [1.29, 1.82) is 0 Å². The van der Waals surface area contributed by atoms with Crippen molar-refractivity contribution in [2.75, 3.05) is 13.7 Å². The van der Waals surface area contributed by atoms with E-state index >= 15 is 0 Å². The fourth-order valence-corrected chi connectivity index (χ4v) is 2.52. The van der Waals surface area contributed by atoms with E-state index in [1.165, 1.54) is 0 Å². The molecule has 0 fully saturated rings. The molecule has 124 valence electrons. The minimum Gasteiger partial charge on any atom is -0.382 e. The van der Waals surface area contributed by atoms with Crippen LogP contribution in [0.5, 0.6) is 0 Å². The summed E-state index contributed by atoms with van der Waals surface area (Å²) >= 11 is 0. The minimum absolute atomic E-state index is 0.243. The largest absolute Gasteiger partial charge is 0.382 e. The van der Waals surface area contributed by atoms with Gasteiger partial charge in [0.15, 0.2) is 0 Å². The first-order chi connectivity index (χ1) is 11.7. The molecule has 3 rings (SSSR count). The summed E-state index contributed by atoms with van der Waals surface area (Å²) in [6.45, 7) is 0.352. The molecule has 1 atom stereocenters. The third kappa shape index (κ3) is 3.36. The Morgan fingerprint density at radius 3 is 2.79 bits per heavy atom. The van der Waals surface area contributed by atoms with E-state index in [0.717, 1.165) is 17.0 Å². The van der Waals surface area contributed by atoms with Gasteiger partial charge < -0.3 is 10.1 Å². The number of H-pyrrole nitrogens is 1. The summed E-state index contributed by atoms with van der Waals surface area (Å²) in [4.78, 5) is 12.5. The van der Waals surface area contributed by atoms with Gasteiger partial charge in [-0.05, 0) is 12.1 Å². The fourth-order valence-electron chi connectivity index (χ4n) is 2.52. The van der Waals surface area contributed by atoms with Crippen LogP contribution >= 0.6 is 0 Å². The molecule has 24 heavy (non-hydrogen) atoms. The summed E-state index contributed by atoms with van der Waals surface area (Å²) in [6, 6.07) is 13.0. The molecule has 0 aliphatic carbocycles. The number of ether oxygens (including phenoxy) is 1. The number of benzene rings is 1. The number of amides is 1. The monoisotopic (exact) mass is 325 g/mol. The molecule has 0 aliphatic rings. The first kappa shape index (κ1) is 15.9. The zero-order valence-corrected chi connectivity index (χ0v) is 13.6. The summed E-state index contributed by atoms with van der Waals surface area (Å²) in [5.74, 6) is -0.243. The molecule has 1 aromatic carbocycles. The molecule has 0 aliphatic heterocycles. The minimum atomic E-state index is -0.293. The Labute approximate surface area is 139 Å². The summed E-state index contributed by atoms with van der Waals surface area (Å²) < 4.78 is 6.93. The van der Waals surface area contributed by atoms with E-state index in [9.17, 15) is 4.79 Å². The zero-order valence-electron chi connectivity index (χ0n) is 13.6. The van der Waals surface area contributed by atoms with Crippen LogP contribution in [-0.4, -0.2) is 39.6 Å². The molecule has 2 N–H and O–H groups in total. The van der Waals surface area contributed by atoms with Crippen molar-refractivity contribution in [2.45, 2.75) is 6.04 Å². The molecule has 1 amide bonds. The van der Waals surface area contributed by atoms with Crippen molar-refractivity contribution in [3.8, 4) is 11.3 Å². The Morgan fingerprint density at radius 2 is 2.12 bits per heavy atom. The SMILES string of the molecule is COC[C@H](NC(=O)c1cc(-c2ccccc2)n[nH]1)c1ccnn1C. The maximum Gasteiger partial charge on any atom is 0.269 e. The van der Waals surface area contributed by atoms with E-state index in [4.69, 9.17) is 4.74 Å². The number of aromatic nitrogens is 4. The van der Waals surface area contributed by atoms with Crippen LogP contribution in [0.1, 0.15) is 22.2 Å². The topological polar surface area (TPSA) is 84.8 Å². The lowest BCUT2D eigenvalue weighted by Gasteiger charge is -2.17. The van der Waals surface area contributed by atoms with E-state index < -0.39 is 0 Å². The highest BCUT2D eigenvalue weighted by Crippen LogP contribution is 2.18. The summed E-state index contributed by atoms with van der Waals surface area (Å²) in [6.07, 6.45) is 1.69. The Morgan fingerprint density at radius 1 is 1.33 bits per heavy atom. The Bertz CT molecular complexity index is 809. The summed E-state index contributed by atoms with van der Waals surface area (Å²) in [7, 11) is 3.42. The van der Waals surface area contributed by atoms with E-state index in [0.29, 0.717) is 12.3 Å². The maximum atomic E-state index is 12.5. The van der Waals surface area contributed by atoms with Gasteiger partial charge in [-0.3, -0.25) is 14.6 Å². The lowest BCUT2D eigenvalue weighted by molar-refractivity contribution is 0.0887. The number of aromatic amines is 1. The molecule has 0 saturated heterocycles. The van der Waals surface area contributed by atoms with Crippen molar-refractivity contribution < 1.29 is 9.53 Å². The summed E-state index contributed by atoms with van der Waals surface area (Å²) in [5, 5.41) is 14.1. The van der Waals surface area contributed by atoms with E-state index in [1.54, 1.807) is 24.1 Å². The smallest absolute Gasteiger partial charge is 0.269 e. The molecular weight excluding hydrogens is 306 g/mol. The number of methoxy groups -OCH3 is 1. The highest BCUT2D eigenvalue weighted by Gasteiger charge is 2.20. The van der Waals surface area contributed by atoms with Crippen molar-refractivity contribution >= 4 is 5.91 Å². The number of nitrogens with one attached hydrogen (secondary N) is 2. The molecule has 3 aromatic rings. The van der Waals surface area contributed by atoms with Gasteiger partial charge in [0.2, 0.25) is 0 Å². The van der Waals surface area contributed by atoms with Crippen molar-refractivity contribution in [3.63, 3.8) is 0 Å². The molecular formula is C17H19N5O2. The van der Waals surface area contributed by atoms with Gasteiger partial charge in [-0.25, -0.2) is 0 Å². The molecule has 0 unspecified atom stereocenters. The second-order valence-electron chi connectivity index (χ2n) is 5.39. The van der Waals surface area contributed by atoms with Crippen molar-refractivity contribution in [3.05, 3.63) is 60.0 Å². The third-order valence-electron chi connectivity index (χ3n) is 3.75. The predicted molar refractivity (Wildman–Crippen MR) is 89.3 cm³/mol. The van der Waals surface area contributed by atoms with Crippen LogP contribution in [0, 0.1) is 0 Å². The van der Waals surface area contributed by atoms with E-state index in [2.05, 4.69) is 20.6 Å². The second kappa shape index (κ2) is 7.10. The second-order valence-corrected chi connectivity index (χ2v) is 5.39. The Kier molecular flexibility index (Phi) is 4.72. The van der Waals surface area contributed by atoms with Gasteiger partial charge in [-0.15, -0.1) is 0 Å². The van der Waals surface area contributed by atoms with Gasteiger partial charge in [0.1, 0.15) is 5.69 Å². The van der Waals surface area contributed by atoms with Crippen LogP contribution < -0.4 is 5.32 Å². The number of carbonyl (C=O) groups is 1. The fraction of sp³-hybridized carbons (Fsp3) is 0.235. The highest BCUT2D eigenvalue weighted by molar-refractivity contribution is 5.93. The number of nitrogens with zero attached hydrogens (tertiary/aromatic N) is 3. The quantitative estimate of drug-likeness (QED) is 0.725. The Balaban J connectivity index is 1.76. The lowest BCUT2D eigenvalue weighted by atomic mass is 10.1. The number of hydrogen-bond acceptors (Lipinski definition) is 4. The van der Waals surface area contributed by atoms with Crippen LogP contribution in [0.25, 0.3) is 11.3 Å². The van der Waals surface area contributed by atoms with E-state index in [1.807, 2.05) is 43.4 Å². The molecule has 7 heteroatoms. The van der Waals surface area contributed by atoms with Crippen LogP contribution in [0.3, 0.4) is 0 Å². The number of carbonyl (C=O) groups excluding carboxylic acids is 1. The molecule has 2 heterocycles. The average Bonchev–Trinajstić information content (AvgIpc) is 3.24. The average molecular weight is 325 g/mol. The maximum absolute atomic E-state index is 12.5. The van der Waals surface area contributed by atoms with Crippen LogP contribution in [-0.2, 0) is 11.8 Å². The standard InChI is InChI=1S/C17H19N5O2/c1-22-16(8-9-18-22)15(11-24-2)19-17(23)14-10-13(20-21-14)12-6-4-3-5-7-12/h3-10,15H,11H2,1-2H3,(H,19,23)(H,20,21)/t15-/m0/s1. The van der Waals surface area contributed by atoms with Crippen LogP contribution in [0.2, 0.25) is 0 Å². The van der Waals surface area contributed by atoms with Gasteiger partial charge in [0.05, 0.1) is 24.0 Å². The van der Waals surface area contributed by atoms with Crippen molar-refractivity contribution in [1.82, 2.24) is 25.3 Å². The molecule has 2 aromatic heterocycles. The van der Waals surface area contributed by atoms with Gasteiger partial charge in [0, 0.05) is 25.9 Å². The molecule has 0 spiro atoms. The third-order valence-corrected chi connectivity index (χ3v) is 3.75. The van der Waals surface area contributed by atoms with Gasteiger partial charge >= 0.3 is 0 Å². The lowest BCUT2D eigenvalue weighted by Crippen LogP contribution is -2.32. The predicted octanol–water partition coefficient (Wildman–Crippen LogP) is 1.93. The normalized spacial score (nSPS) is 12.1. The molecule has 7 nitrogen and oxygen atoms in total. The molecule has 0 radical (unpaired) electrons. The molecule has 0 saturated carbocycles. The van der Waals surface area contributed by atoms with Crippen LogP contribution in [0.15, 0.2) is 48.7 Å². The first-order valence-electron chi connectivity index (χ1n) is 7.57. The molecule has 0 bridgehead atoms. The van der Waals surface area contributed by atoms with E-state index in [-0.39, 0.29) is 11.9 Å². The van der Waals surface area contributed by atoms with Gasteiger partial charge in [-0.1, -0.05) is 30.3 Å². The van der Waals surface area contributed by atoms with Gasteiger partial charge in [0.25, 0.3) is 5.91 Å². The number of rotatable bonds is 6. The summed E-state index contributed by atoms with van der Waals surface area (Å²) in [5.41, 5.74) is 2.95. The Hall–Kier alpha value is -2.93. The zero-order chi connectivity index (χ0) is 16.9. The van der Waals surface area contributed by atoms with Crippen molar-refractivity contribution in [2.24, 2.45) is 7.05 Å².